The first-order valence-corrected chi connectivity index (χ1v) is 9.14. The van der Waals surface area contributed by atoms with Gasteiger partial charge in [0.05, 0.1) is 29.8 Å². The standard InChI is InChI=1S/C19H28O5/c1-9-4-5-19(23)7-12-11-8-24-13(11)6-14(20)18(12,3)17(22)16(21)15(9)10(19)2/h10-14,16,20-21,23H,4-8H2,1-3H3/t10-,11?,12?,13-,14+,16?,18+,19?/m1/s1. The Labute approximate surface area is 142 Å². The second-order valence-corrected chi connectivity index (χ2v) is 8.71. The highest BCUT2D eigenvalue weighted by atomic mass is 16.5. The molecule has 4 unspecified atom stereocenters. The van der Waals surface area contributed by atoms with Crippen molar-refractivity contribution in [1.82, 2.24) is 0 Å². The van der Waals surface area contributed by atoms with Gasteiger partial charge in [0.15, 0.2) is 5.78 Å². The third-order valence-electron chi connectivity index (χ3n) is 7.76. The predicted octanol–water partition coefficient (Wildman–Crippen LogP) is 1.20. The molecule has 4 rings (SSSR count). The maximum absolute atomic E-state index is 13.3. The molecule has 8 atom stereocenters. The number of ether oxygens (including phenoxy) is 1. The maximum Gasteiger partial charge on any atom is 0.174 e. The lowest BCUT2D eigenvalue weighted by Gasteiger charge is -2.59. The summed E-state index contributed by atoms with van der Waals surface area (Å²) < 4.78 is 5.59. The number of hydrogen-bond donors (Lipinski definition) is 3. The highest BCUT2D eigenvalue weighted by molar-refractivity contribution is 5.92. The number of rotatable bonds is 0. The van der Waals surface area contributed by atoms with Crippen LogP contribution in [0.4, 0.5) is 0 Å². The highest BCUT2D eigenvalue weighted by Crippen LogP contribution is 2.57. The Morgan fingerprint density at radius 2 is 2.00 bits per heavy atom. The zero-order chi connectivity index (χ0) is 17.4. The van der Waals surface area contributed by atoms with Gasteiger partial charge in [0, 0.05) is 18.3 Å². The van der Waals surface area contributed by atoms with Crippen LogP contribution in [0, 0.1) is 23.2 Å². The number of allylic oxidation sites excluding steroid dienone is 1. The summed E-state index contributed by atoms with van der Waals surface area (Å²) in [6.45, 7) is 6.22. The summed E-state index contributed by atoms with van der Waals surface area (Å²) in [5.74, 6) is -0.502. The van der Waals surface area contributed by atoms with Crippen LogP contribution in [0.1, 0.15) is 46.5 Å². The van der Waals surface area contributed by atoms with Gasteiger partial charge >= 0.3 is 0 Å². The van der Waals surface area contributed by atoms with E-state index in [1.54, 1.807) is 6.92 Å². The van der Waals surface area contributed by atoms with Gasteiger partial charge in [-0.1, -0.05) is 12.5 Å². The Bertz CT molecular complexity index is 613. The molecule has 3 fully saturated rings. The van der Waals surface area contributed by atoms with Gasteiger partial charge in [-0.3, -0.25) is 4.79 Å². The molecule has 0 radical (unpaired) electrons. The van der Waals surface area contributed by atoms with Crippen molar-refractivity contribution < 1.29 is 24.9 Å². The first kappa shape index (κ1) is 16.7. The maximum atomic E-state index is 13.3. The van der Waals surface area contributed by atoms with Crippen LogP contribution in [-0.4, -0.2) is 51.6 Å². The molecular formula is C19H28O5. The van der Waals surface area contributed by atoms with Gasteiger partial charge < -0.3 is 20.1 Å². The number of ketones is 1. The second kappa shape index (κ2) is 5.13. The summed E-state index contributed by atoms with van der Waals surface area (Å²) >= 11 is 0. The minimum absolute atomic E-state index is 0.0262. The molecule has 1 heterocycles. The van der Waals surface area contributed by atoms with E-state index >= 15 is 0 Å². The SMILES string of the molecule is CC1=C2C(O)C(=O)[C@@]3(C)C(CC(O)(CC1)[C@@H]2C)C1CO[C@@H]1C[C@@H]3O. The van der Waals surface area contributed by atoms with E-state index in [0.717, 1.165) is 5.57 Å². The average Bonchev–Trinajstić information content (AvgIpc) is 2.51. The van der Waals surface area contributed by atoms with Crippen molar-refractivity contribution >= 4 is 5.78 Å². The number of carbonyl (C=O) groups excluding carboxylic acids is 1. The molecule has 2 bridgehead atoms. The number of carbonyl (C=O) groups is 1. The lowest BCUT2D eigenvalue weighted by Crippen LogP contribution is -2.67. The van der Waals surface area contributed by atoms with Crippen LogP contribution in [0.3, 0.4) is 0 Å². The molecule has 1 saturated heterocycles. The molecule has 1 aliphatic heterocycles. The zero-order valence-electron chi connectivity index (χ0n) is 14.7. The Hall–Kier alpha value is -0.750. The molecule has 4 aliphatic rings. The first-order chi connectivity index (χ1) is 11.2. The summed E-state index contributed by atoms with van der Waals surface area (Å²) in [5, 5.41) is 33.0. The number of hydrogen-bond acceptors (Lipinski definition) is 5. The normalized spacial score (nSPS) is 54.3. The molecule has 3 N–H and O–H groups in total. The number of fused-ring (bicyclic) bond motifs is 5. The van der Waals surface area contributed by atoms with Crippen molar-refractivity contribution in [3.8, 4) is 0 Å². The van der Waals surface area contributed by atoms with E-state index in [4.69, 9.17) is 4.74 Å². The molecule has 24 heavy (non-hydrogen) atoms. The van der Waals surface area contributed by atoms with E-state index in [1.165, 1.54) is 0 Å². The Morgan fingerprint density at radius 3 is 2.62 bits per heavy atom. The minimum Gasteiger partial charge on any atom is -0.392 e. The average molecular weight is 336 g/mol. The van der Waals surface area contributed by atoms with Gasteiger partial charge in [0.2, 0.25) is 0 Å². The zero-order valence-corrected chi connectivity index (χ0v) is 14.7. The largest absolute Gasteiger partial charge is 0.392 e. The van der Waals surface area contributed by atoms with Crippen molar-refractivity contribution in [2.45, 2.75) is 70.4 Å². The quantitative estimate of drug-likeness (QED) is 0.579. The predicted molar refractivity (Wildman–Crippen MR) is 87.1 cm³/mol. The molecule has 0 aromatic heterocycles. The van der Waals surface area contributed by atoms with Gasteiger partial charge in [0.1, 0.15) is 6.10 Å². The summed E-state index contributed by atoms with van der Waals surface area (Å²) in [6.07, 6.45) is 0.171. The Morgan fingerprint density at radius 1 is 1.29 bits per heavy atom. The molecule has 0 aromatic carbocycles. The van der Waals surface area contributed by atoms with Crippen LogP contribution in [0.5, 0.6) is 0 Å². The summed E-state index contributed by atoms with van der Waals surface area (Å²) in [7, 11) is 0. The molecule has 134 valence electrons. The van der Waals surface area contributed by atoms with Crippen LogP contribution in [0.15, 0.2) is 11.1 Å². The smallest absolute Gasteiger partial charge is 0.174 e. The molecule has 5 heteroatoms. The van der Waals surface area contributed by atoms with E-state index < -0.39 is 23.2 Å². The van der Waals surface area contributed by atoms with E-state index in [-0.39, 0.29) is 29.6 Å². The summed E-state index contributed by atoms with van der Waals surface area (Å²) in [4.78, 5) is 13.3. The minimum atomic E-state index is -1.23. The van der Waals surface area contributed by atoms with E-state index in [0.29, 0.717) is 37.9 Å². The van der Waals surface area contributed by atoms with Crippen LogP contribution in [-0.2, 0) is 9.53 Å². The van der Waals surface area contributed by atoms with Crippen molar-refractivity contribution in [3.63, 3.8) is 0 Å². The first-order valence-electron chi connectivity index (χ1n) is 9.14. The molecule has 0 aromatic rings. The van der Waals surface area contributed by atoms with Gasteiger partial charge in [-0.05, 0) is 44.6 Å². The third kappa shape index (κ3) is 1.93. The molecule has 2 saturated carbocycles. The van der Waals surface area contributed by atoms with Gasteiger partial charge in [-0.15, -0.1) is 0 Å². The van der Waals surface area contributed by atoms with Crippen LogP contribution < -0.4 is 0 Å². The van der Waals surface area contributed by atoms with Crippen LogP contribution >= 0.6 is 0 Å². The number of aliphatic hydroxyl groups is 3. The molecule has 0 spiro atoms. The molecule has 5 nitrogen and oxygen atoms in total. The van der Waals surface area contributed by atoms with Gasteiger partial charge in [0.25, 0.3) is 0 Å². The van der Waals surface area contributed by atoms with Crippen LogP contribution in [0.2, 0.25) is 0 Å². The van der Waals surface area contributed by atoms with Crippen molar-refractivity contribution in [2.24, 2.45) is 23.2 Å². The van der Waals surface area contributed by atoms with Gasteiger partial charge in [-0.2, -0.15) is 0 Å². The number of aliphatic hydroxyl groups excluding tert-OH is 2. The van der Waals surface area contributed by atoms with Crippen molar-refractivity contribution in [3.05, 3.63) is 11.1 Å². The highest BCUT2D eigenvalue weighted by Gasteiger charge is 2.63. The van der Waals surface area contributed by atoms with Crippen molar-refractivity contribution in [1.29, 1.82) is 0 Å². The Kier molecular flexibility index (Phi) is 3.57. The van der Waals surface area contributed by atoms with E-state index in [1.807, 2.05) is 13.8 Å². The fourth-order valence-electron chi connectivity index (χ4n) is 5.82. The monoisotopic (exact) mass is 336 g/mol. The molecule has 3 aliphatic carbocycles. The molecular weight excluding hydrogens is 308 g/mol. The second-order valence-electron chi connectivity index (χ2n) is 8.71. The van der Waals surface area contributed by atoms with E-state index in [9.17, 15) is 20.1 Å². The van der Waals surface area contributed by atoms with E-state index in [2.05, 4.69) is 0 Å². The topological polar surface area (TPSA) is 87.0 Å². The lowest BCUT2D eigenvalue weighted by atomic mass is 9.50. The fraction of sp³-hybridized carbons (Fsp3) is 0.842. The van der Waals surface area contributed by atoms with Gasteiger partial charge in [-0.25, -0.2) is 0 Å². The van der Waals surface area contributed by atoms with Crippen molar-refractivity contribution in [2.75, 3.05) is 6.61 Å². The Balaban J connectivity index is 1.86. The summed E-state index contributed by atoms with van der Waals surface area (Å²) in [5.41, 5.74) is -0.279. The summed E-state index contributed by atoms with van der Waals surface area (Å²) in [6, 6.07) is 0. The third-order valence-corrected chi connectivity index (χ3v) is 7.76. The molecule has 0 amide bonds. The number of Topliss-reactive ketones (excluding diaryl/α,β-unsaturated/α-hetero) is 1. The fourth-order valence-corrected chi connectivity index (χ4v) is 5.82. The lowest BCUT2D eigenvalue weighted by molar-refractivity contribution is -0.237. The van der Waals surface area contributed by atoms with Crippen LogP contribution in [0.25, 0.3) is 0 Å².